The molecule has 4 heteroatoms. The lowest BCUT2D eigenvalue weighted by Crippen LogP contribution is -2.38. The Labute approximate surface area is 83.8 Å². The highest BCUT2D eigenvalue weighted by Gasteiger charge is 2.26. The van der Waals surface area contributed by atoms with Gasteiger partial charge in [-0.05, 0) is 33.2 Å². The maximum absolute atomic E-state index is 9.80. The third-order valence-corrected chi connectivity index (χ3v) is 2.87. The Morgan fingerprint density at radius 2 is 2.21 bits per heavy atom. The number of nitrogens with one attached hydrogen (secondary N) is 2. The Balaban J connectivity index is 2.20. The number of aliphatic hydroxyl groups excluding tert-OH is 1. The number of hydrogen-bond donors (Lipinski definition) is 3. The second-order valence-corrected chi connectivity index (χ2v) is 3.97. The molecule has 2 heterocycles. The molecule has 1 aliphatic rings. The molecule has 1 saturated heterocycles. The van der Waals surface area contributed by atoms with Crippen molar-refractivity contribution in [3.05, 3.63) is 17.2 Å². The minimum Gasteiger partial charge on any atom is -0.391 e. The summed E-state index contributed by atoms with van der Waals surface area (Å²) in [5.41, 5.74) is 2.10. The van der Waals surface area contributed by atoms with Crippen LogP contribution < -0.4 is 5.32 Å². The Kier molecular flexibility index (Phi) is 2.56. The highest BCUT2D eigenvalue weighted by Crippen LogP contribution is 2.21. The van der Waals surface area contributed by atoms with E-state index in [1.807, 2.05) is 13.8 Å². The molecule has 14 heavy (non-hydrogen) atoms. The molecule has 1 aromatic heterocycles. The molecular weight excluding hydrogens is 178 g/mol. The number of aromatic amines is 1. The standard InChI is InChI=1S/C10H17N3O/c1-6-7(2)13-10(12-6)9-8(14)4-3-5-11-9/h8-9,11,14H,3-5H2,1-2H3,(H,12,13). The normalized spacial score (nSPS) is 27.9. The van der Waals surface area contributed by atoms with Crippen molar-refractivity contribution in [1.29, 1.82) is 0 Å². The molecule has 0 saturated carbocycles. The smallest absolute Gasteiger partial charge is 0.126 e. The van der Waals surface area contributed by atoms with Gasteiger partial charge < -0.3 is 15.4 Å². The first-order valence-electron chi connectivity index (χ1n) is 5.13. The summed E-state index contributed by atoms with van der Waals surface area (Å²) in [6.07, 6.45) is 1.58. The van der Waals surface area contributed by atoms with Crippen molar-refractivity contribution in [3.8, 4) is 0 Å². The van der Waals surface area contributed by atoms with E-state index >= 15 is 0 Å². The van der Waals surface area contributed by atoms with Crippen LogP contribution in [0.2, 0.25) is 0 Å². The SMILES string of the molecule is Cc1nc(C2NCCCC2O)[nH]c1C. The molecule has 4 nitrogen and oxygen atoms in total. The number of piperidine rings is 1. The lowest BCUT2D eigenvalue weighted by molar-refractivity contribution is 0.0931. The van der Waals surface area contributed by atoms with Crippen molar-refractivity contribution in [2.45, 2.75) is 38.8 Å². The largest absolute Gasteiger partial charge is 0.391 e. The Morgan fingerprint density at radius 3 is 2.79 bits per heavy atom. The van der Waals surface area contributed by atoms with Crippen LogP contribution in [0.5, 0.6) is 0 Å². The van der Waals surface area contributed by atoms with Crippen molar-refractivity contribution in [1.82, 2.24) is 15.3 Å². The summed E-state index contributed by atoms with van der Waals surface area (Å²) in [6, 6.07) is -0.0175. The fourth-order valence-corrected chi connectivity index (χ4v) is 1.87. The number of aliphatic hydroxyl groups is 1. The van der Waals surface area contributed by atoms with Gasteiger partial charge in [0.05, 0.1) is 17.8 Å². The predicted octanol–water partition coefficient (Wildman–Crippen LogP) is 0.812. The van der Waals surface area contributed by atoms with E-state index < -0.39 is 0 Å². The number of imidazole rings is 1. The predicted molar refractivity (Wildman–Crippen MR) is 54.0 cm³/mol. The minimum atomic E-state index is -0.311. The van der Waals surface area contributed by atoms with E-state index in [0.717, 1.165) is 36.6 Å². The van der Waals surface area contributed by atoms with E-state index in [1.165, 1.54) is 0 Å². The second kappa shape index (κ2) is 3.71. The van der Waals surface area contributed by atoms with Crippen molar-refractivity contribution in [2.24, 2.45) is 0 Å². The number of aromatic nitrogens is 2. The molecule has 3 N–H and O–H groups in total. The van der Waals surface area contributed by atoms with Gasteiger partial charge in [0.25, 0.3) is 0 Å². The maximum atomic E-state index is 9.80. The third kappa shape index (κ3) is 1.67. The molecule has 1 fully saturated rings. The van der Waals surface area contributed by atoms with Crippen LogP contribution in [0.1, 0.15) is 36.1 Å². The van der Waals surface area contributed by atoms with Crippen LogP contribution in [0, 0.1) is 13.8 Å². The highest BCUT2D eigenvalue weighted by atomic mass is 16.3. The fraction of sp³-hybridized carbons (Fsp3) is 0.700. The van der Waals surface area contributed by atoms with Crippen molar-refractivity contribution in [2.75, 3.05) is 6.54 Å². The molecule has 0 aliphatic carbocycles. The van der Waals surface area contributed by atoms with Crippen LogP contribution in [-0.4, -0.2) is 27.7 Å². The number of rotatable bonds is 1. The van der Waals surface area contributed by atoms with Gasteiger partial charge >= 0.3 is 0 Å². The van der Waals surface area contributed by atoms with Gasteiger partial charge in [-0.15, -0.1) is 0 Å². The van der Waals surface area contributed by atoms with Crippen LogP contribution in [0.4, 0.5) is 0 Å². The third-order valence-electron chi connectivity index (χ3n) is 2.87. The summed E-state index contributed by atoms with van der Waals surface area (Å²) < 4.78 is 0. The molecule has 2 unspecified atom stereocenters. The average Bonchev–Trinajstić information content (AvgIpc) is 2.48. The lowest BCUT2D eigenvalue weighted by atomic mass is 10.0. The van der Waals surface area contributed by atoms with Crippen LogP contribution in [0.3, 0.4) is 0 Å². The van der Waals surface area contributed by atoms with Crippen molar-refractivity contribution >= 4 is 0 Å². The highest BCUT2D eigenvalue weighted by molar-refractivity contribution is 5.14. The lowest BCUT2D eigenvalue weighted by Gasteiger charge is -2.27. The molecular formula is C10H17N3O. The van der Waals surface area contributed by atoms with Crippen LogP contribution in [0.25, 0.3) is 0 Å². The Morgan fingerprint density at radius 1 is 1.43 bits per heavy atom. The van der Waals surface area contributed by atoms with Crippen LogP contribution in [0.15, 0.2) is 0 Å². The molecule has 0 aromatic carbocycles. The molecule has 0 spiro atoms. The summed E-state index contributed by atoms with van der Waals surface area (Å²) in [5.74, 6) is 0.868. The average molecular weight is 195 g/mol. The van der Waals surface area contributed by atoms with Gasteiger partial charge in [0.2, 0.25) is 0 Å². The molecule has 0 amide bonds. The molecule has 0 bridgehead atoms. The van der Waals surface area contributed by atoms with Gasteiger partial charge in [-0.3, -0.25) is 0 Å². The number of aryl methyl sites for hydroxylation is 2. The zero-order valence-corrected chi connectivity index (χ0v) is 8.67. The Bertz CT molecular complexity index is 302. The van der Waals surface area contributed by atoms with Gasteiger partial charge in [-0.25, -0.2) is 4.98 Å². The zero-order chi connectivity index (χ0) is 10.1. The summed E-state index contributed by atoms with van der Waals surface area (Å²) in [4.78, 5) is 7.62. The van der Waals surface area contributed by atoms with E-state index in [-0.39, 0.29) is 12.1 Å². The second-order valence-electron chi connectivity index (χ2n) is 3.97. The molecule has 2 rings (SSSR count). The van der Waals surface area contributed by atoms with Gasteiger partial charge in [0.1, 0.15) is 5.82 Å². The monoisotopic (exact) mass is 195 g/mol. The number of hydrogen-bond acceptors (Lipinski definition) is 3. The van der Waals surface area contributed by atoms with Gasteiger partial charge in [0.15, 0.2) is 0 Å². The Hall–Kier alpha value is -0.870. The molecule has 1 aliphatic heterocycles. The van der Waals surface area contributed by atoms with E-state index in [9.17, 15) is 5.11 Å². The molecule has 0 radical (unpaired) electrons. The minimum absolute atomic E-state index is 0.0175. The van der Waals surface area contributed by atoms with Gasteiger partial charge in [-0.1, -0.05) is 0 Å². The number of nitrogens with zero attached hydrogens (tertiary/aromatic N) is 1. The number of H-pyrrole nitrogens is 1. The first-order chi connectivity index (χ1) is 6.68. The van der Waals surface area contributed by atoms with Gasteiger partial charge in [-0.2, -0.15) is 0 Å². The van der Waals surface area contributed by atoms with E-state index in [2.05, 4.69) is 15.3 Å². The van der Waals surface area contributed by atoms with E-state index in [1.54, 1.807) is 0 Å². The zero-order valence-electron chi connectivity index (χ0n) is 8.67. The van der Waals surface area contributed by atoms with Crippen molar-refractivity contribution in [3.63, 3.8) is 0 Å². The summed E-state index contributed by atoms with van der Waals surface area (Å²) in [6.45, 7) is 4.94. The fourth-order valence-electron chi connectivity index (χ4n) is 1.87. The molecule has 78 valence electrons. The van der Waals surface area contributed by atoms with Crippen LogP contribution >= 0.6 is 0 Å². The maximum Gasteiger partial charge on any atom is 0.126 e. The first-order valence-corrected chi connectivity index (χ1v) is 5.13. The van der Waals surface area contributed by atoms with Gasteiger partial charge in [0, 0.05) is 5.69 Å². The quantitative estimate of drug-likeness (QED) is 0.621. The first kappa shape index (κ1) is 9.68. The molecule has 1 aromatic rings. The summed E-state index contributed by atoms with van der Waals surface area (Å²) >= 11 is 0. The van der Waals surface area contributed by atoms with Crippen molar-refractivity contribution < 1.29 is 5.11 Å². The van der Waals surface area contributed by atoms with E-state index in [0.29, 0.717) is 0 Å². The molecule has 2 atom stereocenters. The van der Waals surface area contributed by atoms with Crippen LogP contribution in [-0.2, 0) is 0 Å². The summed E-state index contributed by atoms with van der Waals surface area (Å²) in [7, 11) is 0. The summed E-state index contributed by atoms with van der Waals surface area (Å²) in [5, 5.41) is 13.1. The van der Waals surface area contributed by atoms with E-state index in [4.69, 9.17) is 0 Å². The topological polar surface area (TPSA) is 60.9 Å².